The molecule has 10 heteroatoms. The number of benzene rings is 1. The number of alkyl carbamates (subject to hydrolysis) is 1. The molecule has 1 aliphatic heterocycles. The first-order chi connectivity index (χ1) is 15.5. The molecule has 1 aromatic carbocycles. The number of hydrogen-bond donors (Lipinski definition) is 2. The number of hydrogen-bond acceptors (Lipinski definition) is 7. The average molecular weight is 459 g/mol. The summed E-state index contributed by atoms with van der Waals surface area (Å²) in [5, 5.41) is 14.7. The summed E-state index contributed by atoms with van der Waals surface area (Å²) >= 11 is 0. The van der Waals surface area contributed by atoms with Crippen LogP contribution in [0.4, 0.5) is 25.3 Å². The average Bonchev–Trinajstić information content (AvgIpc) is 2.71. The van der Waals surface area contributed by atoms with Crippen LogP contribution < -0.4 is 15.5 Å². The van der Waals surface area contributed by atoms with E-state index < -0.39 is 28.9 Å². The van der Waals surface area contributed by atoms with Crippen LogP contribution >= 0.6 is 0 Å². The second-order valence-corrected chi connectivity index (χ2v) is 9.20. The number of ether oxygens (including phenoxy) is 1. The minimum absolute atomic E-state index is 0.162. The fourth-order valence-electron chi connectivity index (χ4n) is 3.80. The molecule has 0 spiro atoms. The summed E-state index contributed by atoms with van der Waals surface area (Å²) in [6, 6.07) is 5.16. The molecule has 2 atom stereocenters. The van der Waals surface area contributed by atoms with Gasteiger partial charge in [-0.1, -0.05) is 6.92 Å². The lowest BCUT2D eigenvalue weighted by molar-refractivity contribution is 0.0495. The van der Waals surface area contributed by atoms with Gasteiger partial charge in [0.2, 0.25) is 5.95 Å². The van der Waals surface area contributed by atoms with Crippen molar-refractivity contribution >= 4 is 17.9 Å². The van der Waals surface area contributed by atoms with Crippen molar-refractivity contribution in [2.75, 3.05) is 30.4 Å². The lowest BCUT2D eigenvalue weighted by Crippen LogP contribution is -2.51. The number of nitrogens with one attached hydrogen (secondary N) is 2. The highest BCUT2D eigenvalue weighted by atomic mass is 19.1. The van der Waals surface area contributed by atoms with Crippen LogP contribution in [0.25, 0.3) is 11.3 Å². The van der Waals surface area contributed by atoms with Gasteiger partial charge >= 0.3 is 6.09 Å². The Balaban J connectivity index is 1.89. The van der Waals surface area contributed by atoms with Gasteiger partial charge in [-0.3, -0.25) is 0 Å². The Morgan fingerprint density at radius 3 is 2.45 bits per heavy atom. The van der Waals surface area contributed by atoms with Crippen molar-refractivity contribution in [2.24, 2.45) is 5.92 Å². The van der Waals surface area contributed by atoms with E-state index in [-0.39, 0.29) is 23.5 Å². The summed E-state index contributed by atoms with van der Waals surface area (Å²) in [7, 11) is 1.65. The molecule has 0 radical (unpaired) electrons. The van der Waals surface area contributed by atoms with E-state index in [0.717, 1.165) is 18.6 Å². The number of amides is 1. The minimum atomic E-state index is -0.952. The SMILES string of the molecule is CNc1nc(-c2cc(F)c(C#N)c(F)c2)cc(N2C[C@H](C)C[C@@H](NC(=O)OC(C)(C)C)C2)n1. The summed E-state index contributed by atoms with van der Waals surface area (Å²) < 4.78 is 33.8. The first-order valence-electron chi connectivity index (χ1n) is 10.7. The van der Waals surface area contributed by atoms with Crippen molar-refractivity contribution < 1.29 is 18.3 Å². The van der Waals surface area contributed by atoms with Gasteiger partial charge in [0, 0.05) is 31.8 Å². The minimum Gasteiger partial charge on any atom is -0.444 e. The van der Waals surface area contributed by atoms with Crippen LogP contribution in [0.3, 0.4) is 0 Å². The molecule has 1 aromatic heterocycles. The highest BCUT2D eigenvalue weighted by molar-refractivity contribution is 5.69. The van der Waals surface area contributed by atoms with Crippen molar-refractivity contribution in [3.8, 4) is 17.3 Å². The quantitative estimate of drug-likeness (QED) is 0.712. The first-order valence-corrected chi connectivity index (χ1v) is 10.7. The number of anilines is 2. The van der Waals surface area contributed by atoms with E-state index in [1.165, 1.54) is 6.07 Å². The van der Waals surface area contributed by atoms with Crippen LogP contribution in [-0.2, 0) is 4.74 Å². The molecule has 2 heterocycles. The van der Waals surface area contributed by atoms with Crippen LogP contribution in [0.5, 0.6) is 0 Å². The van der Waals surface area contributed by atoms with E-state index in [4.69, 9.17) is 10.00 Å². The molecule has 176 valence electrons. The van der Waals surface area contributed by atoms with Crippen molar-refractivity contribution in [1.29, 1.82) is 5.26 Å². The standard InChI is InChI=1S/C23H28F2N6O2/c1-13-6-15(28-22(32)33-23(2,3)4)12-31(11-13)20-9-19(29-21(27-5)30-20)14-7-17(24)16(10-26)18(25)8-14/h7-9,13,15H,6,11-12H2,1-5H3,(H,28,32)(H,27,29,30)/t13-,15-/m1/s1. The van der Waals surface area contributed by atoms with Gasteiger partial charge in [-0.2, -0.15) is 10.2 Å². The number of aromatic nitrogens is 2. The van der Waals surface area contributed by atoms with Crippen molar-refractivity contribution in [3.05, 3.63) is 35.4 Å². The van der Waals surface area contributed by atoms with E-state index in [1.54, 1.807) is 33.9 Å². The van der Waals surface area contributed by atoms with Crippen molar-refractivity contribution in [1.82, 2.24) is 15.3 Å². The number of rotatable bonds is 4. The van der Waals surface area contributed by atoms with Gasteiger partial charge in [-0.25, -0.2) is 18.6 Å². The van der Waals surface area contributed by atoms with Gasteiger partial charge in [-0.15, -0.1) is 0 Å². The van der Waals surface area contributed by atoms with Gasteiger partial charge in [0.15, 0.2) is 0 Å². The Bertz CT molecular complexity index is 1060. The molecule has 1 aliphatic rings. The zero-order valence-electron chi connectivity index (χ0n) is 19.4. The molecule has 2 aromatic rings. The Kier molecular flexibility index (Phi) is 7.01. The molecule has 1 fully saturated rings. The van der Waals surface area contributed by atoms with Gasteiger partial charge in [0.1, 0.15) is 34.7 Å². The second-order valence-electron chi connectivity index (χ2n) is 9.20. The zero-order chi connectivity index (χ0) is 24.3. The second kappa shape index (κ2) is 9.57. The summed E-state index contributed by atoms with van der Waals surface area (Å²) in [6.45, 7) is 8.65. The molecule has 2 N–H and O–H groups in total. The fourth-order valence-corrected chi connectivity index (χ4v) is 3.80. The monoisotopic (exact) mass is 458 g/mol. The van der Waals surface area contributed by atoms with Crippen LogP contribution in [0.1, 0.15) is 39.7 Å². The maximum atomic E-state index is 14.2. The normalized spacial score (nSPS) is 18.4. The number of carbonyl (C=O) groups is 1. The van der Waals surface area contributed by atoms with Gasteiger partial charge in [-0.05, 0) is 45.2 Å². The number of piperidine rings is 1. The fraction of sp³-hybridized carbons (Fsp3) is 0.478. The third-order valence-electron chi connectivity index (χ3n) is 5.09. The van der Waals surface area contributed by atoms with Crippen LogP contribution in [0.15, 0.2) is 18.2 Å². The van der Waals surface area contributed by atoms with E-state index >= 15 is 0 Å². The van der Waals surface area contributed by atoms with E-state index in [2.05, 4.69) is 27.5 Å². The molecular formula is C23H28F2N6O2. The number of nitriles is 1. The Hall–Kier alpha value is -3.48. The Labute approximate surface area is 192 Å². The van der Waals surface area contributed by atoms with E-state index in [9.17, 15) is 13.6 Å². The predicted molar refractivity (Wildman–Crippen MR) is 121 cm³/mol. The van der Waals surface area contributed by atoms with Crippen molar-refractivity contribution in [2.45, 2.75) is 45.8 Å². The number of nitrogens with zero attached hydrogens (tertiary/aromatic N) is 4. The van der Waals surface area contributed by atoms with Crippen LogP contribution in [0.2, 0.25) is 0 Å². The first kappa shape index (κ1) is 24.2. The molecule has 0 unspecified atom stereocenters. The van der Waals surface area contributed by atoms with Crippen LogP contribution in [-0.4, -0.2) is 47.8 Å². The number of halogens is 2. The molecular weight excluding hydrogens is 430 g/mol. The van der Waals surface area contributed by atoms with Crippen LogP contribution in [0, 0.1) is 28.9 Å². The summed E-state index contributed by atoms with van der Waals surface area (Å²) in [6.07, 6.45) is 0.294. The molecule has 1 saturated heterocycles. The maximum absolute atomic E-state index is 14.2. The van der Waals surface area contributed by atoms with Gasteiger partial charge < -0.3 is 20.3 Å². The molecule has 33 heavy (non-hydrogen) atoms. The summed E-state index contributed by atoms with van der Waals surface area (Å²) in [5.41, 5.74) is -0.735. The molecule has 0 bridgehead atoms. The molecule has 8 nitrogen and oxygen atoms in total. The topological polar surface area (TPSA) is 103 Å². The summed E-state index contributed by atoms with van der Waals surface area (Å²) in [5.74, 6) is -0.821. The molecule has 0 saturated carbocycles. The molecule has 1 amide bonds. The Morgan fingerprint density at radius 1 is 1.21 bits per heavy atom. The van der Waals surface area contributed by atoms with Gasteiger partial charge in [0.25, 0.3) is 0 Å². The third kappa shape index (κ3) is 6.06. The lowest BCUT2D eigenvalue weighted by Gasteiger charge is -2.37. The molecule has 0 aliphatic carbocycles. The smallest absolute Gasteiger partial charge is 0.407 e. The van der Waals surface area contributed by atoms with E-state index in [1.807, 2.05) is 4.90 Å². The van der Waals surface area contributed by atoms with Gasteiger partial charge in [0.05, 0.1) is 11.7 Å². The third-order valence-corrected chi connectivity index (χ3v) is 5.09. The maximum Gasteiger partial charge on any atom is 0.407 e. The molecule has 3 rings (SSSR count). The van der Waals surface area contributed by atoms with Crippen molar-refractivity contribution in [3.63, 3.8) is 0 Å². The predicted octanol–water partition coefficient (Wildman–Crippen LogP) is 4.07. The largest absolute Gasteiger partial charge is 0.444 e. The zero-order valence-corrected chi connectivity index (χ0v) is 19.4. The highest BCUT2D eigenvalue weighted by Gasteiger charge is 2.29. The highest BCUT2D eigenvalue weighted by Crippen LogP contribution is 2.29. The number of carbonyl (C=O) groups excluding carboxylic acids is 1. The summed E-state index contributed by atoms with van der Waals surface area (Å²) in [4.78, 5) is 23.1. The Morgan fingerprint density at radius 2 is 1.88 bits per heavy atom. The van der Waals surface area contributed by atoms with E-state index in [0.29, 0.717) is 24.6 Å². The lowest BCUT2D eigenvalue weighted by atomic mass is 9.96.